The second-order valence-corrected chi connectivity index (χ2v) is 27.5. The number of methoxy groups -OCH3 is 4. The number of benzene rings is 8. The fourth-order valence-electron chi connectivity index (χ4n) is 11.9. The Bertz CT molecular complexity index is 4850. The van der Waals surface area contributed by atoms with Crippen LogP contribution in [0.15, 0.2) is 127 Å². The highest BCUT2D eigenvalue weighted by atomic mass is 35.5. The van der Waals surface area contributed by atoms with Gasteiger partial charge >= 0.3 is 48.0 Å². The first-order valence-corrected chi connectivity index (χ1v) is 36.0. The molecule has 0 fully saturated rings. The number of ether oxygens (including phenoxy) is 5. The van der Waals surface area contributed by atoms with Gasteiger partial charge in [0.1, 0.15) is 34.7 Å². The van der Waals surface area contributed by atoms with Crippen molar-refractivity contribution < 1.29 is 97.5 Å². The molecule has 32 heteroatoms. The van der Waals surface area contributed by atoms with Crippen LogP contribution in [0.2, 0.25) is 15.1 Å². The van der Waals surface area contributed by atoms with Gasteiger partial charge in [0.2, 0.25) is 0 Å². The van der Waals surface area contributed by atoms with Crippen molar-refractivity contribution in [1.29, 1.82) is 5.26 Å². The predicted octanol–water partition coefficient (Wildman–Crippen LogP) is 15.6. The lowest BCUT2D eigenvalue weighted by Gasteiger charge is -2.26. The Labute approximate surface area is 661 Å². The summed E-state index contributed by atoms with van der Waals surface area (Å²) in [5.41, 5.74) is 14.8. The minimum atomic E-state index is -4.92. The first kappa shape index (κ1) is 89.2. The molecule has 8 aromatic rings. The van der Waals surface area contributed by atoms with E-state index in [1.165, 1.54) is 93.1 Å². The number of carbonyl (C=O) groups is 7. The van der Waals surface area contributed by atoms with Gasteiger partial charge in [-0.15, -0.1) is 0 Å². The molecule has 0 radical (unpaired) electrons. The number of aromatic carboxylic acids is 1. The summed E-state index contributed by atoms with van der Waals surface area (Å²) in [7, 11) is 4.76. The van der Waals surface area contributed by atoms with Gasteiger partial charge in [-0.1, -0.05) is 77.3 Å². The highest BCUT2D eigenvalue weighted by molar-refractivity contribution is 6.34. The maximum atomic E-state index is 14.2. The van der Waals surface area contributed by atoms with Crippen LogP contribution in [-0.4, -0.2) is 136 Å². The van der Waals surface area contributed by atoms with E-state index in [0.717, 1.165) is 83.2 Å². The smallest absolute Gasteiger partial charge is 0.471 e. The third-order valence-corrected chi connectivity index (χ3v) is 18.6. The van der Waals surface area contributed by atoms with Crippen molar-refractivity contribution in [3.63, 3.8) is 0 Å². The number of anilines is 3. The Kier molecular flexibility index (Phi) is 32.7. The third-order valence-electron chi connectivity index (χ3n) is 17.7. The van der Waals surface area contributed by atoms with Crippen LogP contribution in [0.4, 0.5) is 57.0 Å². The quantitative estimate of drug-likeness (QED) is 0.0316. The molecule has 8 aromatic carbocycles. The number of alkyl halides is 3. The van der Waals surface area contributed by atoms with Crippen molar-refractivity contribution in [2.45, 2.75) is 97.3 Å². The van der Waals surface area contributed by atoms with Gasteiger partial charge in [-0.2, -0.15) is 18.4 Å². The van der Waals surface area contributed by atoms with Crippen LogP contribution in [-0.2, 0) is 93.2 Å². The summed E-state index contributed by atoms with van der Waals surface area (Å²) in [6, 6.07) is 33.2. The van der Waals surface area contributed by atoms with E-state index in [0.29, 0.717) is 69.9 Å². The summed E-state index contributed by atoms with van der Waals surface area (Å²) in [6.07, 6.45) is -1.68. The van der Waals surface area contributed by atoms with Crippen LogP contribution in [0.5, 0.6) is 0 Å². The molecule has 2 amide bonds. The first-order chi connectivity index (χ1) is 53.6. The molecule has 0 bridgehead atoms. The molecule has 0 spiro atoms. The summed E-state index contributed by atoms with van der Waals surface area (Å²) >= 11 is 19.1. The number of carboxylic acids is 1. The van der Waals surface area contributed by atoms with E-state index < -0.39 is 76.6 Å². The van der Waals surface area contributed by atoms with Crippen LogP contribution in [0.25, 0.3) is 0 Å². The van der Waals surface area contributed by atoms with Crippen molar-refractivity contribution in [2.24, 2.45) is 5.73 Å². The van der Waals surface area contributed by atoms with Gasteiger partial charge in [0.05, 0.1) is 100 Å². The van der Waals surface area contributed by atoms with Crippen LogP contribution < -0.4 is 27.0 Å². The number of nitrogens with two attached hydrogens (primary N) is 1. The number of nitriles is 1. The van der Waals surface area contributed by atoms with Gasteiger partial charge in [-0.05, 0) is 213 Å². The van der Waals surface area contributed by atoms with Crippen molar-refractivity contribution in [2.75, 3.05) is 83.7 Å². The van der Waals surface area contributed by atoms with E-state index >= 15 is 0 Å². The zero-order valence-electron chi connectivity index (χ0n) is 62.4. The minimum absolute atomic E-state index is 0.0490. The average molecular weight is 1630 g/mol. The molecule has 0 aromatic heterocycles. The number of hydrogen-bond donors (Lipinski definition) is 6. The largest absolute Gasteiger partial charge is 0.478 e. The molecular weight excluding hydrogens is 1550 g/mol. The van der Waals surface area contributed by atoms with Crippen molar-refractivity contribution in [3.05, 3.63) is 261 Å². The van der Waals surface area contributed by atoms with E-state index in [-0.39, 0.29) is 85.0 Å². The number of fused-ring (bicyclic) bond motifs is 3. The summed E-state index contributed by atoms with van der Waals surface area (Å²) in [6.45, 7) is 9.39. The fourth-order valence-corrected chi connectivity index (χ4v) is 12.7. The van der Waals surface area contributed by atoms with Crippen molar-refractivity contribution in [1.82, 2.24) is 15.1 Å². The van der Waals surface area contributed by atoms with Crippen molar-refractivity contribution in [3.8, 4) is 6.07 Å². The topological polar surface area (TPSA) is 290 Å². The number of hydrogen-bond acceptors (Lipinski definition) is 18. The van der Waals surface area contributed by atoms with Crippen molar-refractivity contribution >= 4 is 93.7 Å². The highest BCUT2D eigenvalue weighted by Gasteiger charge is 2.43. The molecule has 21 nitrogen and oxygen atoms in total. The first-order valence-electron chi connectivity index (χ1n) is 34.9. The molecule has 0 unspecified atom stereocenters. The number of nitrogens with zero attached hydrogens (tertiary/aromatic N) is 3. The SMILES string of the molecule is CC(C)(C)OC(=O)N1CCc2ccc(Cl)c(NCc3ccc(C(=O)O)c(F)c3)c2CC1.COC(=O)c1ccc(C#N)cc1F.COC(=O)c1ccc(CN)cc1F.COC(=O)c1ccc(CNc2c(Cl)ccc3c2CCN(C(=O)C(F)(F)F)CC3)cc1F.COC(=O)c1ccc(CNc2c(Cl)ccc3c2CCNCC3)cc1F. The zero-order chi connectivity index (χ0) is 83.0. The fraction of sp³-hybridized carbons (Fsp3) is 0.309. The summed E-state index contributed by atoms with van der Waals surface area (Å²) in [5, 5.41) is 32.0. The van der Waals surface area contributed by atoms with Gasteiger partial charge in [-0.3, -0.25) is 4.79 Å². The van der Waals surface area contributed by atoms with E-state index in [4.69, 9.17) is 55.6 Å². The van der Waals surface area contributed by atoms with E-state index in [1.54, 1.807) is 53.4 Å². The molecule has 600 valence electrons. The molecule has 0 aliphatic carbocycles. The van der Waals surface area contributed by atoms with Gasteiger partial charge in [-0.25, -0.2) is 50.7 Å². The predicted molar refractivity (Wildman–Crippen MR) is 409 cm³/mol. The molecule has 3 aliphatic rings. The lowest BCUT2D eigenvalue weighted by Crippen LogP contribution is -2.42. The average Bonchev–Trinajstić information content (AvgIpc) is 1.72. The van der Waals surface area contributed by atoms with E-state index in [9.17, 15) is 68.7 Å². The molecule has 7 N–H and O–H groups in total. The molecule has 3 aliphatic heterocycles. The number of esters is 4. The normalized spacial score (nSPS) is 12.8. The number of nitrogens with one attached hydrogen (secondary N) is 4. The maximum absolute atomic E-state index is 14.2. The molecule has 0 atom stereocenters. The highest BCUT2D eigenvalue weighted by Crippen LogP contribution is 2.36. The number of carboxylic acid groups (broad SMARTS) is 1. The monoisotopic (exact) mass is 1630 g/mol. The Morgan fingerprint density at radius 2 is 0.814 bits per heavy atom. The second kappa shape index (κ2) is 41.5. The molecular formula is C81H81Cl3F8N8O13. The lowest BCUT2D eigenvalue weighted by atomic mass is 10.0. The second-order valence-electron chi connectivity index (χ2n) is 26.3. The Morgan fingerprint density at radius 1 is 0.478 bits per heavy atom. The Morgan fingerprint density at radius 3 is 1.18 bits per heavy atom. The third kappa shape index (κ3) is 25.0. The van der Waals surface area contributed by atoms with Crippen LogP contribution in [0, 0.1) is 40.4 Å². The molecule has 0 saturated carbocycles. The standard InChI is InChI=1S/C23H26ClFN2O4.C21H19ClF4N2O3.C19H20ClFN2O2.C9H10FNO2.C9H6FNO2/c1-23(2,3)31-22(30)27-10-8-15-5-7-18(24)20(16(15)9-11-27)26-13-14-4-6-17(21(28)29)19(25)12-14;1-31-19(29)15-4-2-12(10-17(15)23)11-27-18-14-7-9-28(20(30)21(24,25)26)8-6-13(14)3-5-16(18)22;1-25-19(24)15-4-2-12(10-17(15)21)11-23-18-14-7-9-22-8-6-13(14)3-5-16(18)20;2*1-13-9(12)7-3-2-6(5-11)4-8(7)10/h4-7,12,26H,8-11,13H2,1-3H3,(H,28,29);2-5,10,27H,6-9,11H2,1H3;2-5,10,22-23H,6-9,11H2,1H3;2-4H,5,11H2,1H3;2-4H,1H3. The maximum Gasteiger partial charge on any atom is 0.471 e. The summed E-state index contributed by atoms with van der Waals surface area (Å²) in [4.78, 5) is 82.4. The molecule has 3 heterocycles. The lowest BCUT2D eigenvalue weighted by molar-refractivity contribution is -0.185. The van der Waals surface area contributed by atoms with Gasteiger partial charge in [0.25, 0.3) is 0 Å². The zero-order valence-corrected chi connectivity index (χ0v) is 64.6. The van der Waals surface area contributed by atoms with Gasteiger partial charge in [0.15, 0.2) is 0 Å². The minimum Gasteiger partial charge on any atom is -0.478 e. The molecule has 113 heavy (non-hydrogen) atoms. The number of amides is 2. The summed E-state index contributed by atoms with van der Waals surface area (Å²) < 4.78 is 130. The Hall–Kier alpha value is -11.0. The number of rotatable bonds is 15. The van der Waals surface area contributed by atoms with Crippen LogP contribution in [0.3, 0.4) is 0 Å². The molecule has 0 saturated heterocycles. The van der Waals surface area contributed by atoms with E-state index in [1.807, 2.05) is 32.9 Å². The van der Waals surface area contributed by atoms with Crippen LogP contribution in [0.1, 0.15) is 134 Å². The van der Waals surface area contributed by atoms with Crippen LogP contribution >= 0.6 is 34.8 Å². The number of carbonyl (C=O) groups excluding carboxylic acids is 6. The van der Waals surface area contributed by atoms with E-state index in [2.05, 4.69) is 46.3 Å². The van der Waals surface area contributed by atoms with Gasteiger partial charge < -0.3 is 65.6 Å². The number of halogens is 11. The Balaban J connectivity index is 0.000000204. The molecule has 11 rings (SSSR count). The summed E-state index contributed by atoms with van der Waals surface area (Å²) in [5.74, 6) is -9.50. The van der Waals surface area contributed by atoms with Gasteiger partial charge in [0, 0.05) is 52.4 Å².